The fourth-order valence-corrected chi connectivity index (χ4v) is 3.18. The van der Waals surface area contributed by atoms with Crippen molar-refractivity contribution in [1.82, 2.24) is 4.90 Å². The van der Waals surface area contributed by atoms with E-state index in [4.69, 9.17) is 0 Å². The van der Waals surface area contributed by atoms with Gasteiger partial charge in [-0.3, -0.25) is 13.9 Å². The van der Waals surface area contributed by atoms with Crippen LogP contribution in [-0.4, -0.2) is 46.0 Å². The van der Waals surface area contributed by atoms with Gasteiger partial charge in [-0.25, -0.2) is 0 Å². The Morgan fingerprint density at radius 2 is 1.83 bits per heavy atom. The third-order valence-electron chi connectivity index (χ3n) is 3.32. The van der Waals surface area contributed by atoms with Crippen LogP contribution in [-0.2, 0) is 17.2 Å². The average Bonchev–Trinajstić information content (AvgIpc) is 2.41. The Morgan fingerprint density at radius 1 is 1.22 bits per heavy atom. The summed E-state index contributed by atoms with van der Waals surface area (Å²) < 4.78 is 11.2. The molecule has 0 radical (unpaired) electrons. The molecule has 0 spiro atoms. The van der Waals surface area contributed by atoms with E-state index in [0.29, 0.717) is 18.1 Å². The number of hydrogen-bond acceptors (Lipinski definition) is 3. The number of ketones is 1. The van der Waals surface area contributed by atoms with Gasteiger partial charge in [0.15, 0.2) is 5.78 Å². The van der Waals surface area contributed by atoms with E-state index in [0.717, 1.165) is 25.1 Å². The van der Waals surface area contributed by atoms with Crippen LogP contribution in [0.2, 0.25) is 0 Å². The summed E-state index contributed by atoms with van der Waals surface area (Å²) in [5.74, 6) is 1.55. The van der Waals surface area contributed by atoms with Crippen LogP contribution in [0.1, 0.15) is 22.8 Å². The van der Waals surface area contributed by atoms with Crippen LogP contribution < -0.4 is 0 Å². The van der Waals surface area contributed by atoms with Crippen LogP contribution in [0.15, 0.2) is 24.3 Å². The predicted molar refractivity (Wildman–Crippen MR) is 74.5 cm³/mol. The van der Waals surface area contributed by atoms with Crippen molar-refractivity contribution in [3.05, 3.63) is 35.4 Å². The van der Waals surface area contributed by atoms with Gasteiger partial charge in [-0.05, 0) is 12.0 Å². The molecule has 1 aromatic carbocycles. The highest BCUT2D eigenvalue weighted by atomic mass is 32.2. The first-order valence-electron chi connectivity index (χ1n) is 6.38. The maximum absolute atomic E-state index is 12.1. The first-order valence-corrected chi connectivity index (χ1v) is 7.87. The second-order valence-corrected chi connectivity index (χ2v) is 6.29. The maximum Gasteiger partial charge on any atom is 0.176 e. The molecule has 3 nitrogen and oxygen atoms in total. The Hall–Kier alpha value is -1.00. The topological polar surface area (TPSA) is 37.4 Å². The van der Waals surface area contributed by atoms with Gasteiger partial charge in [-0.2, -0.15) is 0 Å². The summed E-state index contributed by atoms with van der Waals surface area (Å²) in [4.78, 5) is 14.2. The highest BCUT2D eigenvalue weighted by Crippen LogP contribution is 2.08. The molecule has 0 saturated carbocycles. The van der Waals surface area contributed by atoms with Crippen molar-refractivity contribution in [2.45, 2.75) is 13.3 Å². The van der Waals surface area contributed by atoms with Crippen LogP contribution in [0, 0.1) is 0 Å². The molecular formula is C14H19NO2S. The summed E-state index contributed by atoms with van der Waals surface area (Å²) in [5.41, 5.74) is 2.03. The van der Waals surface area contributed by atoms with E-state index < -0.39 is 10.8 Å². The number of Topliss-reactive ketones (excluding diaryl/α,β-unsaturated/α-hetero) is 1. The normalized spacial score (nSPS) is 17.8. The molecule has 1 aromatic rings. The quantitative estimate of drug-likeness (QED) is 0.774. The molecule has 4 heteroatoms. The van der Waals surface area contributed by atoms with Gasteiger partial charge in [-0.15, -0.1) is 0 Å². The van der Waals surface area contributed by atoms with Crippen molar-refractivity contribution in [3.8, 4) is 0 Å². The van der Waals surface area contributed by atoms with Crippen molar-refractivity contribution in [2.24, 2.45) is 0 Å². The van der Waals surface area contributed by atoms with E-state index in [1.807, 2.05) is 24.3 Å². The monoisotopic (exact) mass is 265 g/mol. The SMILES string of the molecule is CCc1ccc(C(=O)CN2CCS(=O)CC2)cc1. The molecule has 98 valence electrons. The zero-order chi connectivity index (χ0) is 13.0. The van der Waals surface area contributed by atoms with Crippen LogP contribution in [0.3, 0.4) is 0 Å². The molecule has 0 aliphatic carbocycles. The van der Waals surface area contributed by atoms with Gasteiger partial charge < -0.3 is 0 Å². The highest BCUT2D eigenvalue weighted by molar-refractivity contribution is 7.85. The molecule has 0 bridgehead atoms. The third-order valence-corrected chi connectivity index (χ3v) is 4.60. The molecule has 0 unspecified atom stereocenters. The van der Waals surface area contributed by atoms with Gasteiger partial charge in [0, 0.05) is 41.0 Å². The number of rotatable bonds is 4. The van der Waals surface area contributed by atoms with Crippen LogP contribution in [0.4, 0.5) is 0 Å². The highest BCUT2D eigenvalue weighted by Gasteiger charge is 2.18. The Balaban J connectivity index is 1.92. The number of nitrogens with zero attached hydrogens (tertiary/aromatic N) is 1. The van der Waals surface area contributed by atoms with Crippen LogP contribution >= 0.6 is 0 Å². The van der Waals surface area contributed by atoms with Crippen LogP contribution in [0.25, 0.3) is 0 Å². The molecule has 1 aliphatic rings. The second kappa shape index (κ2) is 6.25. The van der Waals surface area contributed by atoms with Crippen molar-refractivity contribution in [3.63, 3.8) is 0 Å². The number of hydrogen-bond donors (Lipinski definition) is 0. The Kier molecular flexibility index (Phi) is 4.66. The number of aryl methyl sites for hydroxylation is 1. The lowest BCUT2D eigenvalue weighted by Gasteiger charge is -2.25. The zero-order valence-corrected chi connectivity index (χ0v) is 11.5. The fourth-order valence-electron chi connectivity index (χ4n) is 2.05. The second-order valence-electron chi connectivity index (χ2n) is 4.60. The number of carbonyl (C=O) groups excluding carboxylic acids is 1. The van der Waals surface area contributed by atoms with Crippen molar-refractivity contribution in [2.75, 3.05) is 31.1 Å². The molecule has 1 aliphatic heterocycles. The van der Waals surface area contributed by atoms with Gasteiger partial charge in [-0.1, -0.05) is 31.2 Å². The molecule has 18 heavy (non-hydrogen) atoms. The summed E-state index contributed by atoms with van der Waals surface area (Å²) in [5, 5.41) is 0. The van der Waals surface area contributed by atoms with E-state index in [9.17, 15) is 9.00 Å². The van der Waals surface area contributed by atoms with Crippen molar-refractivity contribution in [1.29, 1.82) is 0 Å². The summed E-state index contributed by atoms with van der Waals surface area (Å²) in [6.07, 6.45) is 0.992. The Bertz CT molecular complexity index is 432. The summed E-state index contributed by atoms with van der Waals surface area (Å²) >= 11 is 0. The molecule has 1 heterocycles. The smallest absolute Gasteiger partial charge is 0.176 e. The Labute approximate surface area is 111 Å². The van der Waals surface area contributed by atoms with Crippen molar-refractivity contribution >= 4 is 16.6 Å². The fraction of sp³-hybridized carbons (Fsp3) is 0.500. The van der Waals surface area contributed by atoms with Crippen molar-refractivity contribution < 1.29 is 9.00 Å². The molecular weight excluding hydrogens is 246 g/mol. The zero-order valence-electron chi connectivity index (χ0n) is 10.7. The maximum atomic E-state index is 12.1. The van der Waals surface area contributed by atoms with E-state index in [-0.39, 0.29) is 5.78 Å². The molecule has 1 saturated heterocycles. The largest absolute Gasteiger partial charge is 0.294 e. The molecule has 2 rings (SSSR count). The predicted octanol–water partition coefficient (Wildman–Crippen LogP) is 1.50. The third kappa shape index (κ3) is 3.50. The number of benzene rings is 1. The van der Waals surface area contributed by atoms with E-state index >= 15 is 0 Å². The molecule has 1 fully saturated rings. The molecule has 0 amide bonds. The summed E-state index contributed by atoms with van der Waals surface area (Å²) in [7, 11) is -0.678. The molecule has 0 atom stereocenters. The average molecular weight is 265 g/mol. The number of carbonyl (C=O) groups is 1. The lowest BCUT2D eigenvalue weighted by Crippen LogP contribution is -2.40. The minimum Gasteiger partial charge on any atom is -0.294 e. The summed E-state index contributed by atoms with van der Waals surface area (Å²) in [6.45, 7) is 4.09. The van der Waals surface area contributed by atoms with E-state index in [2.05, 4.69) is 11.8 Å². The summed E-state index contributed by atoms with van der Waals surface area (Å²) in [6, 6.07) is 7.84. The minimum atomic E-state index is -0.678. The van der Waals surface area contributed by atoms with E-state index in [1.54, 1.807) is 0 Å². The van der Waals surface area contributed by atoms with Gasteiger partial charge in [0.25, 0.3) is 0 Å². The lowest BCUT2D eigenvalue weighted by atomic mass is 10.1. The van der Waals surface area contributed by atoms with Gasteiger partial charge in [0.05, 0.1) is 6.54 Å². The van der Waals surface area contributed by atoms with Gasteiger partial charge in [0.1, 0.15) is 0 Å². The minimum absolute atomic E-state index is 0.158. The van der Waals surface area contributed by atoms with E-state index in [1.165, 1.54) is 5.56 Å². The first-order chi connectivity index (χ1) is 8.69. The Morgan fingerprint density at radius 3 is 2.39 bits per heavy atom. The van der Waals surface area contributed by atoms with Crippen LogP contribution in [0.5, 0.6) is 0 Å². The van der Waals surface area contributed by atoms with Gasteiger partial charge >= 0.3 is 0 Å². The first kappa shape index (κ1) is 13.4. The molecule has 0 aromatic heterocycles. The standard InChI is InChI=1S/C14H19NO2S/c1-2-12-3-5-13(6-4-12)14(16)11-15-7-9-18(17)10-8-15/h3-6H,2,7-11H2,1H3. The van der Waals surface area contributed by atoms with Gasteiger partial charge in [0.2, 0.25) is 0 Å². The molecule has 0 N–H and O–H groups in total. The lowest BCUT2D eigenvalue weighted by molar-refractivity contribution is 0.0936.